The van der Waals surface area contributed by atoms with Crippen molar-refractivity contribution in [1.82, 2.24) is 4.57 Å². The maximum atomic E-state index is 11.9. The molecule has 1 aromatic carbocycles. The van der Waals surface area contributed by atoms with Crippen LogP contribution in [-0.2, 0) is 11.8 Å². The maximum absolute atomic E-state index is 11.9. The van der Waals surface area contributed by atoms with Gasteiger partial charge in [0.1, 0.15) is 0 Å². The Labute approximate surface area is 94.6 Å². The summed E-state index contributed by atoms with van der Waals surface area (Å²) >= 11 is 0. The molecule has 3 heteroatoms. The fourth-order valence-corrected chi connectivity index (χ4v) is 1.98. The topological polar surface area (TPSA) is 31.2 Å². The highest BCUT2D eigenvalue weighted by atomic mass is 16.5. The van der Waals surface area contributed by atoms with Crippen LogP contribution >= 0.6 is 0 Å². The van der Waals surface area contributed by atoms with Gasteiger partial charge in [-0.15, -0.1) is 0 Å². The van der Waals surface area contributed by atoms with Gasteiger partial charge in [0.15, 0.2) is 0 Å². The second-order valence-electron chi connectivity index (χ2n) is 3.76. The quantitative estimate of drug-likeness (QED) is 0.724. The number of carbonyl (C=O) groups is 1. The van der Waals surface area contributed by atoms with Crippen molar-refractivity contribution in [2.75, 3.05) is 6.61 Å². The van der Waals surface area contributed by atoms with Crippen LogP contribution in [0.3, 0.4) is 0 Å². The zero-order valence-corrected chi connectivity index (χ0v) is 9.78. The van der Waals surface area contributed by atoms with Crippen molar-refractivity contribution in [3.05, 3.63) is 35.5 Å². The minimum absolute atomic E-state index is 0.239. The summed E-state index contributed by atoms with van der Waals surface area (Å²) < 4.78 is 7.09. The maximum Gasteiger partial charge on any atom is 0.340 e. The number of aromatic nitrogens is 1. The predicted octanol–water partition coefficient (Wildman–Crippen LogP) is 2.66. The third-order valence-electron chi connectivity index (χ3n) is 2.88. The number of hydrogen-bond donors (Lipinski definition) is 0. The molecule has 0 bridgehead atoms. The van der Waals surface area contributed by atoms with Crippen LogP contribution in [0.2, 0.25) is 0 Å². The van der Waals surface area contributed by atoms with E-state index in [1.54, 1.807) is 0 Å². The van der Waals surface area contributed by atoms with Gasteiger partial charge >= 0.3 is 5.97 Å². The summed E-state index contributed by atoms with van der Waals surface area (Å²) in [4.78, 5) is 11.9. The SMILES string of the molecule is CCOC(=O)c1c(C)n(C)c2ccccc12. The summed E-state index contributed by atoms with van der Waals surface area (Å²) in [6.45, 7) is 4.16. The number of para-hydroxylation sites is 1. The molecule has 3 nitrogen and oxygen atoms in total. The molecule has 2 aromatic rings. The van der Waals surface area contributed by atoms with Crippen molar-refractivity contribution in [1.29, 1.82) is 0 Å². The van der Waals surface area contributed by atoms with E-state index in [0.717, 1.165) is 16.6 Å². The zero-order chi connectivity index (χ0) is 11.7. The standard InChI is InChI=1S/C13H15NO2/c1-4-16-13(15)12-9(2)14(3)11-8-6-5-7-10(11)12/h5-8H,4H2,1-3H3. The van der Waals surface area contributed by atoms with Crippen LogP contribution in [0, 0.1) is 6.92 Å². The number of fused-ring (bicyclic) bond motifs is 1. The Balaban J connectivity index is 2.68. The first-order valence-electron chi connectivity index (χ1n) is 5.38. The van der Waals surface area contributed by atoms with E-state index in [9.17, 15) is 4.79 Å². The number of ether oxygens (including phenoxy) is 1. The van der Waals surface area contributed by atoms with Gasteiger partial charge < -0.3 is 9.30 Å². The molecule has 0 aliphatic heterocycles. The van der Waals surface area contributed by atoms with E-state index in [4.69, 9.17) is 4.74 Å². The Kier molecular flexibility index (Phi) is 2.69. The van der Waals surface area contributed by atoms with Crippen molar-refractivity contribution in [3.63, 3.8) is 0 Å². The smallest absolute Gasteiger partial charge is 0.340 e. The van der Waals surface area contributed by atoms with E-state index in [-0.39, 0.29) is 5.97 Å². The highest BCUT2D eigenvalue weighted by Crippen LogP contribution is 2.25. The number of nitrogens with zero attached hydrogens (tertiary/aromatic N) is 1. The number of carbonyl (C=O) groups excluding carboxylic acids is 1. The monoisotopic (exact) mass is 217 g/mol. The van der Waals surface area contributed by atoms with Crippen molar-refractivity contribution < 1.29 is 9.53 Å². The minimum Gasteiger partial charge on any atom is -0.462 e. The van der Waals surface area contributed by atoms with Crippen LogP contribution in [0.1, 0.15) is 23.0 Å². The highest BCUT2D eigenvalue weighted by Gasteiger charge is 2.18. The van der Waals surface area contributed by atoms with Gasteiger partial charge in [-0.25, -0.2) is 4.79 Å². The van der Waals surface area contributed by atoms with Gasteiger partial charge in [0.05, 0.1) is 12.2 Å². The molecule has 0 aliphatic rings. The Morgan fingerprint density at radius 2 is 2.06 bits per heavy atom. The summed E-state index contributed by atoms with van der Waals surface area (Å²) in [7, 11) is 1.96. The molecule has 0 amide bonds. The molecule has 84 valence electrons. The lowest BCUT2D eigenvalue weighted by Gasteiger charge is -2.02. The molecule has 0 spiro atoms. The lowest BCUT2D eigenvalue weighted by molar-refractivity contribution is 0.0527. The minimum atomic E-state index is -0.239. The van der Waals surface area contributed by atoms with Gasteiger partial charge in [-0.2, -0.15) is 0 Å². The molecular weight excluding hydrogens is 202 g/mol. The normalized spacial score (nSPS) is 10.7. The molecule has 0 N–H and O–H groups in total. The van der Waals surface area contributed by atoms with E-state index in [2.05, 4.69) is 0 Å². The second-order valence-corrected chi connectivity index (χ2v) is 3.76. The first kappa shape index (κ1) is 10.7. The van der Waals surface area contributed by atoms with Crippen molar-refractivity contribution >= 4 is 16.9 Å². The molecule has 0 fully saturated rings. The molecule has 0 aliphatic carbocycles. The van der Waals surface area contributed by atoms with Gasteiger partial charge in [0, 0.05) is 23.6 Å². The van der Waals surface area contributed by atoms with Gasteiger partial charge in [0.25, 0.3) is 0 Å². The van der Waals surface area contributed by atoms with Crippen LogP contribution in [0.15, 0.2) is 24.3 Å². The Bertz CT molecular complexity index is 540. The molecule has 0 radical (unpaired) electrons. The van der Waals surface area contributed by atoms with Crippen LogP contribution < -0.4 is 0 Å². The molecule has 2 rings (SSSR count). The van der Waals surface area contributed by atoms with Crippen LogP contribution in [0.4, 0.5) is 0 Å². The van der Waals surface area contributed by atoms with Crippen LogP contribution in [-0.4, -0.2) is 17.1 Å². The number of aryl methyl sites for hydroxylation is 1. The Hall–Kier alpha value is -1.77. The number of benzene rings is 1. The number of rotatable bonds is 2. The van der Waals surface area contributed by atoms with Crippen LogP contribution in [0.5, 0.6) is 0 Å². The predicted molar refractivity (Wildman–Crippen MR) is 63.6 cm³/mol. The molecule has 1 heterocycles. The van der Waals surface area contributed by atoms with Crippen molar-refractivity contribution in [2.24, 2.45) is 7.05 Å². The highest BCUT2D eigenvalue weighted by molar-refractivity contribution is 6.05. The molecule has 0 saturated heterocycles. The summed E-state index contributed by atoms with van der Waals surface area (Å²) in [5.74, 6) is -0.239. The van der Waals surface area contributed by atoms with Crippen LogP contribution in [0.25, 0.3) is 10.9 Å². The lowest BCUT2D eigenvalue weighted by Crippen LogP contribution is -2.06. The van der Waals surface area contributed by atoms with E-state index in [0.29, 0.717) is 12.2 Å². The molecule has 0 atom stereocenters. The lowest BCUT2D eigenvalue weighted by atomic mass is 10.1. The average molecular weight is 217 g/mol. The van der Waals surface area contributed by atoms with Crippen molar-refractivity contribution in [2.45, 2.75) is 13.8 Å². The Morgan fingerprint density at radius 1 is 1.38 bits per heavy atom. The fourth-order valence-electron chi connectivity index (χ4n) is 1.98. The molecule has 0 unspecified atom stereocenters. The van der Waals surface area contributed by atoms with E-state index < -0.39 is 0 Å². The van der Waals surface area contributed by atoms with Crippen molar-refractivity contribution in [3.8, 4) is 0 Å². The first-order chi connectivity index (χ1) is 7.66. The molecule has 0 saturated carbocycles. The summed E-state index contributed by atoms with van der Waals surface area (Å²) in [5.41, 5.74) is 2.68. The number of esters is 1. The van der Waals surface area contributed by atoms with E-state index >= 15 is 0 Å². The summed E-state index contributed by atoms with van der Waals surface area (Å²) in [5, 5.41) is 0.959. The third kappa shape index (κ3) is 1.48. The summed E-state index contributed by atoms with van der Waals surface area (Å²) in [6.07, 6.45) is 0. The zero-order valence-electron chi connectivity index (χ0n) is 9.78. The Morgan fingerprint density at radius 3 is 2.75 bits per heavy atom. The summed E-state index contributed by atoms with van der Waals surface area (Å²) in [6, 6.07) is 7.86. The van der Waals surface area contributed by atoms with Gasteiger partial charge in [0.2, 0.25) is 0 Å². The largest absolute Gasteiger partial charge is 0.462 e. The van der Waals surface area contributed by atoms with Gasteiger partial charge in [-0.3, -0.25) is 0 Å². The average Bonchev–Trinajstić information content (AvgIpc) is 2.53. The molecular formula is C13H15NO2. The second kappa shape index (κ2) is 4.00. The van der Waals surface area contributed by atoms with Gasteiger partial charge in [-0.1, -0.05) is 18.2 Å². The fraction of sp³-hybridized carbons (Fsp3) is 0.308. The number of hydrogen-bond acceptors (Lipinski definition) is 2. The molecule has 16 heavy (non-hydrogen) atoms. The van der Waals surface area contributed by atoms with E-state index in [1.807, 2.05) is 49.7 Å². The molecule has 1 aromatic heterocycles. The third-order valence-corrected chi connectivity index (χ3v) is 2.88. The van der Waals surface area contributed by atoms with Gasteiger partial charge in [-0.05, 0) is 19.9 Å². The first-order valence-corrected chi connectivity index (χ1v) is 5.38. The van der Waals surface area contributed by atoms with E-state index in [1.165, 1.54) is 0 Å².